The molecule has 0 radical (unpaired) electrons. The Bertz CT molecular complexity index is 509. The van der Waals surface area contributed by atoms with Crippen LogP contribution in [0.3, 0.4) is 0 Å². The molecule has 0 bridgehead atoms. The molecule has 0 atom stereocenters. The van der Waals surface area contributed by atoms with Crippen LogP contribution in [0.4, 0.5) is 26.3 Å². The van der Waals surface area contributed by atoms with Crippen LogP contribution in [0.5, 0.6) is 11.6 Å². The van der Waals surface area contributed by atoms with Gasteiger partial charge in [0.2, 0.25) is 0 Å². The minimum Gasteiger partial charge on any atom is -0.503 e. The van der Waals surface area contributed by atoms with Gasteiger partial charge >= 0.3 is 18.5 Å². The molecule has 0 unspecified atom stereocenters. The van der Waals surface area contributed by atoms with Gasteiger partial charge in [0.25, 0.3) is 5.88 Å². The number of hydrogen-bond acceptors (Lipinski definition) is 4. The summed E-state index contributed by atoms with van der Waals surface area (Å²) < 4.78 is 76.0. The van der Waals surface area contributed by atoms with E-state index in [4.69, 9.17) is 10.2 Å². The zero-order chi connectivity index (χ0) is 15.0. The Morgan fingerprint density at radius 2 is 1.74 bits per heavy atom. The van der Waals surface area contributed by atoms with E-state index in [9.17, 15) is 31.1 Å². The van der Waals surface area contributed by atoms with Gasteiger partial charge in [0.1, 0.15) is 5.56 Å². The molecule has 0 aliphatic rings. The van der Waals surface area contributed by atoms with Crippen LogP contribution < -0.4 is 4.74 Å². The van der Waals surface area contributed by atoms with Crippen LogP contribution in [0.1, 0.15) is 15.9 Å². The standard InChI is InChI=1S/C8H3F6NO4/c9-7(10,11)3-2(6(17)18)1-15-5(4(3)16)19-8(12,13)14/h1,16H,(H,17,18). The first kappa shape index (κ1) is 14.9. The van der Waals surface area contributed by atoms with Crippen LogP contribution in [0.2, 0.25) is 0 Å². The van der Waals surface area contributed by atoms with E-state index in [1.165, 1.54) is 0 Å². The molecule has 1 heterocycles. The minimum absolute atomic E-state index is 0.00590. The van der Waals surface area contributed by atoms with E-state index in [2.05, 4.69) is 9.72 Å². The number of carboxylic acid groups (broad SMARTS) is 1. The number of ether oxygens (including phenoxy) is 1. The Morgan fingerprint density at radius 3 is 2.11 bits per heavy atom. The van der Waals surface area contributed by atoms with Gasteiger partial charge in [-0.15, -0.1) is 13.2 Å². The molecular weight excluding hydrogens is 288 g/mol. The van der Waals surface area contributed by atoms with Crippen molar-refractivity contribution in [3.05, 3.63) is 17.3 Å². The number of halogens is 6. The fraction of sp³-hybridized carbons (Fsp3) is 0.250. The first-order valence-electron chi connectivity index (χ1n) is 4.21. The molecule has 0 saturated carbocycles. The third-order valence-electron chi connectivity index (χ3n) is 1.75. The van der Waals surface area contributed by atoms with Gasteiger partial charge in [-0.2, -0.15) is 13.2 Å². The molecule has 5 nitrogen and oxygen atoms in total. The molecule has 0 aliphatic carbocycles. The lowest BCUT2D eigenvalue weighted by atomic mass is 10.1. The van der Waals surface area contributed by atoms with Crippen LogP contribution >= 0.6 is 0 Å². The number of nitrogens with zero attached hydrogens (tertiary/aromatic N) is 1. The molecule has 106 valence electrons. The Balaban J connectivity index is 3.47. The molecule has 19 heavy (non-hydrogen) atoms. The third kappa shape index (κ3) is 3.39. The molecule has 0 spiro atoms. The van der Waals surface area contributed by atoms with E-state index in [1.54, 1.807) is 0 Å². The molecule has 11 heteroatoms. The van der Waals surface area contributed by atoms with Gasteiger partial charge in [-0.3, -0.25) is 0 Å². The van der Waals surface area contributed by atoms with Crippen molar-refractivity contribution in [2.75, 3.05) is 0 Å². The van der Waals surface area contributed by atoms with Gasteiger partial charge in [0.15, 0.2) is 5.75 Å². The van der Waals surface area contributed by atoms with E-state index in [0.29, 0.717) is 0 Å². The van der Waals surface area contributed by atoms with Crippen molar-refractivity contribution >= 4 is 5.97 Å². The predicted molar refractivity (Wildman–Crippen MR) is 44.5 cm³/mol. The second-order valence-corrected chi connectivity index (χ2v) is 3.05. The number of aromatic nitrogens is 1. The number of rotatable bonds is 2. The summed E-state index contributed by atoms with van der Waals surface area (Å²) in [4.78, 5) is 13.2. The number of hydrogen-bond donors (Lipinski definition) is 2. The van der Waals surface area contributed by atoms with E-state index in [-0.39, 0.29) is 6.20 Å². The van der Waals surface area contributed by atoms with Crippen LogP contribution in [0.25, 0.3) is 0 Å². The van der Waals surface area contributed by atoms with Crippen LogP contribution in [0, 0.1) is 0 Å². The molecule has 1 aromatic rings. The number of carboxylic acids is 1. The molecular formula is C8H3F6NO4. The van der Waals surface area contributed by atoms with Crippen molar-refractivity contribution in [3.63, 3.8) is 0 Å². The van der Waals surface area contributed by atoms with Gasteiger partial charge in [-0.05, 0) is 0 Å². The molecule has 0 saturated heterocycles. The van der Waals surface area contributed by atoms with Crippen LogP contribution in [-0.4, -0.2) is 27.5 Å². The summed E-state index contributed by atoms with van der Waals surface area (Å²) >= 11 is 0. The fourth-order valence-corrected chi connectivity index (χ4v) is 1.12. The highest BCUT2D eigenvalue weighted by Crippen LogP contribution is 2.43. The monoisotopic (exact) mass is 291 g/mol. The second kappa shape index (κ2) is 4.48. The fourth-order valence-electron chi connectivity index (χ4n) is 1.12. The summed E-state index contributed by atoms with van der Waals surface area (Å²) in [5, 5.41) is 17.5. The van der Waals surface area contributed by atoms with Gasteiger partial charge in [0, 0.05) is 6.20 Å². The maximum atomic E-state index is 12.5. The van der Waals surface area contributed by atoms with Gasteiger partial charge in [-0.25, -0.2) is 9.78 Å². The second-order valence-electron chi connectivity index (χ2n) is 3.05. The lowest BCUT2D eigenvalue weighted by Crippen LogP contribution is -2.20. The van der Waals surface area contributed by atoms with Crippen molar-refractivity contribution < 1.29 is 46.1 Å². The normalized spacial score (nSPS) is 12.3. The Kier molecular flexibility index (Phi) is 3.50. The Labute approximate surface area is 99.6 Å². The lowest BCUT2D eigenvalue weighted by Gasteiger charge is -2.15. The van der Waals surface area contributed by atoms with Crippen molar-refractivity contribution in [2.24, 2.45) is 0 Å². The number of pyridine rings is 1. The van der Waals surface area contributed by atoms with E-state index in [1.807, 2.05) is 0 Å². The highest BCUT2D eigenvalue weighted by molar-refractivity contribution is 5.90. The number of alkyl halides is 6. The number of aromatic carboxylic acids is 1. The summed E-state index contributed by atoms with van der Waals surface area (Å²) in [5.74, 6) is -5.96. The summed E-state index contributed by atoms with van der Waals surface area (Å²) in [6, 6.07) is 0. The zero-order valence-electron chi connectivity index (χ0n) is 8.50. The maximum Gasteiger partial charge on any atom is 0.574 e. The van der Waals surface area contributed by atoms with Crippen molar-refractivity contribution in [2.45, 2.75) is 12.5 Å². The molecule has 0 fully saturated rings. The summed E-state index contributed by atoms with van der Waals surface area (Å²) in [6.45, 7) is 0. The highest BCUT2D eigenvalue weighted by atomic mass is 19.4. The first-order valence-corrected chi connectivity index (χ1v) is 4.21. The SMILES string of the molecule is O=C(O)c1cnc(OC(F)(F)F)c(O)c1C(F)(F)F. The van der Waals surface area contributed by atoms with Gasteiger partial charge in [-0.1, -0.05) is 0 Å². The predicted octanol–water partition coefficient (Wildman–Crippen LogP) is 2.40. The number of aromatic hydroxyl groups is 1. The van der Waals surface area contributed by atoms with Gasteiger partial charge in [0.05, 0.1) is 5.56 Å². The smallest absolute Gasteiger partial charge is 0.503 e. The van der Waals surface area contributed by atoms with E-state index >= 15 is 0 Å². The summed E-state index contributed by atoms with van der Waals surface area (Å²) in [7, 11) is 0. The molecule has 0 amide bonds. The van der Waals surface area contributed by atoms with E-state index < -0.39 is 41.3 Å². The Hall–Kier alpha value is -2.20. The summed E-state index contributed by atoms with van der Waals surface area (Å²) in [6.07, 6.45) is -10.8. The van der Waals surface area contributed by atoms with E-state index in [0.717, 1.165) is 0 Å². The quantitative estimate of drug-likeness (QED) is 0.818. The maximum absolute atomic E-state index is 12.5. The highest BCUT2D eigenvalue weighted by Gasteiger charge is 2.42. The van der Waals surface area contributed by atoms with Crippen molar-refractivity contribution in [1.82, 2.24) is 4.98 Å². The van der Waals surface area contributed by atoms with Crippen molar-refractivity contribution in [1.29, 1.82) is 0 Å². The average molecular weight is 291 g/mol. The Morgan fingerprint density at radius 1 is 1.21 bits per heavy atom. The molecule has 1 aromatic heterocycles. The first-order chi connectivity index (χ1) is 8.43. The third-order valence-corrected chi connectivity index (χ3v) is 1.75. The van der Waals surface area contributed by atoms with Crippen molar-refractivity contribution in [3.8, 4) is 11.6 Å². The molecule has 1 rings (SSSR count). The average Bonchev–Trinajstić information content (AvgIpc) is 2.16. The number of carbonyl (C=O) groups is 1. The van der Waals surface area contributed by atoms with Crippen LogP contribution in [0.15, 0.2) is 6.20 Å². The largest absolute Gasteiger partial charge is 0.574 e. The molecule has 2 N–H and O–H groups in total. The summed E-state index contributed by atoms with van der Waals surface area (Å²) in [5.41, 5.74) is -3.67. The van der Waals surface area contributed by atoms with Crippen LogP contribution in [-0.2, 0) is 6.18 Å². The topological polar surface area (TPSA) is 79.7 Å². The molecule has 0 aromatic carbocycles. The lowest BCUT2D eigenvalue weighted by molar-refractivity contribution is -0.276. The zero-order valence-corrected chi connectivity index (χ0v) is 8.50. The van der Waals surface area contributed by atoms with Gasteiger partial charge < -0.3 is 14.9 Å². The molecule has 0 aliphatic heterocycles. The minimum atomic E-state index is -5.40.